The molecule has 9 nitrogen and oxygen atoms in total. The second-order valence-corrected chi connectivity index (χ2v) is 14.7. The topological polar surface area (TPSA) is 121 Å². The highest BCUT2D eigenvalue weighted by molar-refractivity contribution is 9.10. The fourth-order valence-electron chi connectivity index (χ4n) is 8.91. The van der Waals surface area contributed by atoms with Crippen molar-refractivity contribution in [3.05, 3.63) is 130 Å². The lowest BCUT2D eigenvalue weighted by Gasteiger charge is -2.49. The zero-order valence-electron chi connectivity index (χ0n) is 27.8. The van der Waals surface area contributed by atoms with E-state index in [2.05, 4.69) is 15.9 Å². The molecule has 2 aliphatic heterocycles. The Labute approximate surface area is 302 Å². The van der Waals surface area contributed by atoms with E-state index in [1.54, 1.807) is 84.9 Å². The molecule has 8 rings (SSSR count). The summed E-state index contributed by atoms with van der Waals surface area (Å²) in [6.45, 7) is 1.81. The summed E-state index contributed by atoms with van der Waals surface area (Å²) < 4.78 is 5.86. The fourth-order valence-corrected chi connectivity index (χ4v) is 9.37. The number of hydrogen-bond donors (Lipinski definition) is 1. The van der Waals surface area contributed by atoms with E-state index in [0.717, 1.165) is 5.57 Å². The zero-order chi connectivity index (χ0) is 35.8. The molecule has 2 heterocycles. The molecule has 2 aliphatic carbocycles. The third-order valence-corrected chi connectivity index (χ3v) is 11.9. The van der Waals surface area contributed by atoms with Gasteiger partial charge in [-0.3, -0.25) is 28.9 Å². The van der Waals surface area contributed by atoms with E-state index in [0.29, 0.717) is 32.5 Å². The van der Waals surface area contributed by atoms with Crippen molar-refractivity contribution in [1.29, 1.82) is 0 Å². The summed E-state index contributed by atoms with van der Waals surface area (Å²) in [5.74, 6) is -4.86. The van der Waals surface area contributed by atoms with Crippen LogP contribution in [0.3, 0.4) is 0 Å². The number of allylic oxidation sites excluding steroid dienone is 2. The molecule has 1 N–H and O–H groups in total. The molecule has 0 radical (unpaired) electrons. The van der Waals surface area contributed by atoms with Crippen molar-refractivity contribution in [1.82, 2.24) is 0 Å². The summed E-state index contributed by atoms with van der Waals surface area (Å²) in [5, 5.41) is 10.7. The van der Waals surface area contributed by atoms with Crippen molar-refractivity contribution >= 4 is 56.7 Å². The maximum absolute atomic E-state index is 14.6. The van der Waals surface area contributed by atoms with Crippen LogP contribution in [-0.4, -0.2) is 41.6 Å². The molecule has 0 spiro atoms. The summed E-state index contributed by atoms with van der Waals surface area (Å²) in [5.41, 5.74) is 2.02. The number of fused-ring (bicyclic) bond motifs is 4. The Balaban J connectivity index is 1.20. The van der Waals surface area contributed by atoms with Gasteiger partial charge in [0.1, 0.15) is 0 Å². The predicted octanol–water partition coefficient (Wildman–Crippen LogP) is 6.83. The van der Waals surface area contributed by atoms with Gasteiger partial charge < -0.3 is 9.84 Å². The van der Waals surface area contributed by atoms with Gasteiger partial charge in [-0.05, 0) is 95.7 Å². The summed E-state index contributed by atoms with van der Waals surface area (Å²) >= 11 is 3.44. The first-order valence-electron chi connectivity index (χ1n) is 16.8. The van der Waals surface area contributed by atoms with Crippen molar-refractivity contribution in [3.8, 4) is 11.5 Å². The number of amides is 4. The van der Waals surface area contributed by atoms with Crippen molar-refractivity contribution in [2.45, 2.75) is 25.7 Å². The van der Waals surface area contributed by atoms with Crippen molar-refractivity contribution in [2.24, 2.45) is 29.1 Å². The van der Waals surface area contributed by atoms with Gasteiger partial charge in [0.2, 0.25) is 23.6 Å². The third-order valence-electron chi connectivity index (χ3n) is 11.3. The molecule has 6 unspecified atom stereocenters. The number of hydrogen-bond acceptors (Lipinski definition) is 7. The summed E-state index contributed by atoms with van der Waals surface area (Å²) in [6.07, 6.45) is 2.46. The maximum atomic E-state index is 14.6. The molecule has 0 bridgehead atoms. The van der Waals surface area contributed by atoms with Gasteiger partial charge >= 0.3 is 0 Å². The Morgan fingerprint density at radius 2 is 1.43 bits per heavy atom. The number of imide groups is 2. The van der Waals surface area contributed by atoms with E-state index in [9.17, 15) is 29.1 Å². The fraction of sp³-hybridized carbons (Fsp3) is 0.244. The minimum Gasteiger partial charge on any atom is -0.503 e. The number of carbonyl (C=O) groups excluding carboxylic acids is 5. The average Bonchev–Trinajstić information content (AvgIpc) is 3.52. The van der Waals surface area contributed by atoms with E-state index >= 15 is 0 Å². The van der Waals surface area contributed by atoms with Crippen molar-refractivity contribution in [3.63, 3.8) is 0 Å². The van der Waals surface area contributed by atoms with Crippen LogP contribution in [0.1, 0.15) is 47.2 Å². The number of anilines is 2. The molecule has 0 aromatic heterocycles. The first-order valence-corrected chi connectivity index (χ1v) is 17.6. The minimum absolute atomic E-state index is 0.101. The van der Waals surface area contributed by atoms with Crippen LogP contribution in [0.5, 0.6) is 11.5 Å². The molecular weight excluding hydrogens is 712 g/mol. The molecule has 1 saturated carbocycles. The first kappa shape index (κ1) is 32.8. The molecule has 4 aromatic rings. The van der Waals surface area contributed by atoms with Crippen LogP contribution < -0.4 is 14.5 Å². The Morgan fingerprint density at radius 1 is 0.804 bits per heavy atom. The number of phenolic OH excluding ortho intramolecular Hbond substituents is 1. The molecule has 4 amide bonds. The Kier molecular flexibility index (Phi) is 7.83. The largest absolute Gasteiger partial charge is 0.503 e. The number of benzene rings is 4. The van der Waals surface area contributed by atoms with Crippen LogP contribution in [0.2, 0.25) is 0 Å². The van der Waals surface area contributed by atoms with E-state index in [1.165, 1.54) is 16.9 Å². The van der Waals surface area contributed by atoms with Gasteiger partial charge in [-0.1, -0.05) is 60.2 Å². The summed E-state index contributed by atoms with van der Waals surface area (Å²) in [7, 11) is 1.44. The van der Waals surface area contributed by atoms with Crippen LogP contribution in [0.4, 0.5) is 11.4 Å². The lowest BCUT2D eigenvalue weighted by atomic mass is 9.51. The second-order valence-electron chi connectivity index (χ2n) is 13.8. The lowest BCUT2D eigenvalue weighted by Crippen LogP contribution is -2.48. The molecule has 3 fully saturated rings. The number of ether oxygens (including phenoxy) is 1. The van der Waals surface area contributed by atoms with Gasteiger partial charge in [-0.15, -0.1) is 0 Å². The number of ketones is 1. The highest BCUT2D eigenvalue weighted by atomic mass is 79.9. The Hall–Kier alpha value is -5.35. The zero-order valence-corrected chi connectivity index (χ0v) is 29.4. The van der Waals surface area contributed by atoms with Crippen molar-refractivity contribution < 1.29 is 33.8 Å². The number of halogens is 1. The number of phenols is 1. The molecule has 4 aliphatic rings. The summed E-state index contributed by atoms with van der Waals surface area (Å²) in [4.78, 5) is 73.1. The maximum Gasteiger partial charge on any atom is 0.241 e. The SMILES string of the molecule is COc1cc(C2C3=CCC4C(=O)N(c5ccc(C(=O)c6ccccc6)cc5)C(=O)C4C3CC3C(=O)N(c4ccccc4)C(=O)C32C)cc(Br)c1O. The van der Waals surface area contributed by atoms with Crippen LogP contribution in [0.25, 0.3) is 0 Å². The Bertz CT molecular complexity index is 2170. The normalized spacial score (nSPS) is 26.8. The monoisotopic (exact) mass is 744 g/mol. The Morgan fingerprint density at radius 3 is 2.10 bits per heavy atom. The number of methoxy groups -OCH3 is 1. The number of rotatable bonds is 6. The van der Waals surface area contributed by atoms with Gasteiger partial charge in [0.05, 0.1) is 46.1 Å². The standard InChI is InChI=1S/C41H33BrN2O7/c1-41-30(38(48)44(40(41)50)25-11-7-4-8-12-25)21-29-27(34(41)24-19-31(42)36(46)32(20-24)51-2)17-18-28-33(29)39(49)43(37(28)47)26-15-13-23(14-16-26)35(45)22-9-5-3-6-10-22/h3-17,19-20,28-30,33-34,46H,18,21H2,1-2H3. The van der Waals surface area contributed by atoms with Gasteiger partial charge in [0.25, 0.3) is 0 Å². The highest BCUT2D eigenvalue weighted by Gasteiger charge is 2.67. The van der Waals surface area contributed by atoms with Crippen LogP contribution >= 0.6 is 15.9 Å². The van der Waals surface area contributed by atoms with Crippen LogP contribution in [0.15, 0.2) is 113 Å². The quantitative estimate of drug-likeness (QED) is 0.131. The number of aromatic hydroxyl groups is 1. The van der Waals surface area contributed by atoms with Crippen LogP contribution in [-0.2, 0) is 19.2 Å². The molecular formula is C41H33BrN2O7. The molecule has 51 heavy (non-hydrogen) atoms. The molecule has 4 aromatic carbocycles. The van der Waals surface area contributed by atoms with E-state index < -0.39 is 35.0 Å². The summed E-state index contributed by atoms with van der Waals surface area (Å²) in [6, 6.07) is 27.6. The lowest BCUT2D eigenvalue weighted by molar-refractivity contribution is -0.131. The molecule has 2 saturated heterocycles. The second kappa shape index (κ2) is 12.2. The number of carbonyl (C=O) groups is 5. The minimum atomic E-state index is -1.24. The van der Waals surface area contributed by atoms with E-state index in [-0.39, 0.29) is 53.8 Å². The number of para-hydroxylation sites is 1. The average molecular weight is 746 g/mol. The van der Waals surface area contributed by atoms with Gasteiger partial charge in [0, 0.05) is 17.0 Å². The van der Waals surface area contributed by atoms with Crippen LogP contribution in [0, 0.1) is 29.1 Å². The van der Waals surface area contributed by atoms with E-state index in [1.807, 2.05) is 25.1 Å². The predicted molar refractivity (Wildman–Crippen MR) is 192 cm³/mol. The van der Waals surface area contributed by atoms with Gasteiger partial charge in [-0.2, -0.15) is 0 Å². The molecule has 256 valence electrons. The van der Waals surface area contributed by atoms with E-state index in [4.69, 9.17) is 4.74 Å². The highest BCUT2D eigenvalue weighted by Crippen LogP contribution is 2.64. The van der Waals surface area contributed by atoms with Gasteiger partial charge in [-0.25, -0.2) is 4.90 Å². The van der Waals surface area contributed by atoms with Gasteiger partial charge in [0.15, 0.2) is 17.3 Å². The molecule has 10 heteroatoms. The smallest absolute Gasteiger partial charge is 0.241 e. The molecule has 6 atom stereocenters. The third kappa shape index (κ3) is 4.83. The first-order chi connectivity index (χ1) is 24.6. The number of nitrogens with zero attached hydrogens (tertiary/aromatic N) is 2. The van der Waals surface area contributed by atoms with Crippen molar-refractivity contribution in [2.75, 3.05) is 16.9 Å².